The molecule has 130 valence electrons. The van der Waals surface area contributed by atoms with E-state index in [-0.39, 0.29) is 11.7 Å². The Morgan fingerprint density at radius 2 is 2.16 bits per heavy atom. The number of carbonyl (C=O) groups is 1. The van der Waals surface area contributed by atoms with Crippen LogP contribution in [0.15, 0.2) is 47.9 Å². The molecule has 1 aromatic heterocycles. The Kier molecular flexibility index (Phi) is 5.23. The van der Waals surface area contributed by atoms with Crippen LogP contribution < -0.4 is 10.1 Å². The van der Waals surface area contributed by atoms with Crippen LogP contribution in [0.25, 0.3) is 0 Å². The molecular weight excluding hydrogens is 325 g/mol. The van der Waals surface area contributed by atoms with Gasteiger partial charge in [-0.3, -0.25) is 9.78 Å². The lowest BCUT2D eigenvalue weighted by atomic mass is 10.1. The molecule has 0 aliphatic carbocycles. The normalized spacial score (nSPS) is 16.1. The van der Waals surface area contributed by atoms with Gasteiger partial charge >= 0.3 is 0 Å². The first-order valence-electron chi connectivity index (χ1n) is 7.90. The summed E-state index contributed by atoms with van der Waals surface area (Å²) in [5.74, 6) is -0.152. The largest absolute Gasteiger partial charge is 0.497 e. The maximum Gasteiger partial charge on any atom is 0.264 e. The first kappa shape index (κ1) is 16.9. The molecule has 0 spiro atoms. The molecule has 0 saturated heterocycles. The number of pyridine rings is 1. The number of rotatable bonds is 6. The average molecular weight is 343 g/mol. The van der Waals surface area contributed by atoms with E-state index in [1.165, 1.54) is 13.2 Å². The topological polar surface area (TPSA) is 72.8 Å². The lowest BCUT2D eigenvalue weighted by molar-refractivity contribution is -0.131. The van der Waals surface area contributed by atoms with E-state index < -0.39 is 6.10 Å². The zero-order chi connectivity index (χ0) is 17.6. The van der Waals surface area contributed by atoms with Gasteiger partial charge in [-0.25, -0.2) is 4.39 Å². The number of methoxy groups -OCH3 is 1. The van der Waals surface area contributed by atoms with Crippen LogP contribution in [-0.4, -0.2) is 36.4 Å². The molecule has 3 rings (SSSR count). The number of nitrogens with one attached hydrogen (secondary N) is 1. The number of hydrogen-bond donors (Lipinski definition) is 1. The van der Waals surface area contributed by atoms with Gasteiger partial charge in [-0.15, -0.1) is 0 Å². The van der Waals surface area contributed by atoms with E-state index >= 15 is 0 Å². The summed E-state index contributed by atoms with van der Waals surface area (Å²) in [5, 5.41) is 6.72. The predicted molar refractivity (Wildman–Crippen MR) is 89.9 cm³/mol. The summed E-state index contributed by atoms with van der Waals surface area (Å²) in [4.78, 5) is 21.3. The molecule has 0 bridgehead atoms. The maximum atomic E-state index is 13.9. The van der Waals surface area contributed by atoms with Gasteiger partial charge in [0.15, 0.2) is 0 Å². The molecule has 0 unspecified atom stereocenters. The Balaban J connectivity index is 1.48. The Morgan fingerprint density at radius 1 is 1.36 bits per heavy atom. The Morgan fingerprint density at radius 3 is 2.88 bits per heavy atom. The van der Waals surface area contributed by atoms with E-state index in [9.17, 15) is 9.18 Å². The number of ether oxygens (including phenoxy) is 1. The molecule has 1 atom stereocenters. The summed E-state index contributed by atoms with van der Waals surface area (Å²) in [6, 6.07) is 8.29. The molecule has 1 aromatic carbocycles. The lowest BCUT2D eigenvalue weighted by Gasteiger charge is -2.10. The van der Waals surface area contributed by atoms with Gasteiger partial charge in [-0.2, -0.15) is 0 Å². The molecule has 0 saturated carbocycles. The van der Waals surface area contributed by atoms with E-state index in [1.54, 1.807) is 24.5 Å². The van der Waals surface area contributed by atoms with Gasteiger partial charge in [0.1, 0.15) is 11.6 Å². The van der Waals surface area contributed by atoms with Gasteiger partial charge in [-0.1, -0.05) is 11.2 Å². The Bertz CT molecular complexity index is 780. The second-order valence-corrected chi connectivity index (χ2v) is 5.57. The van der Waals surface area contributed by atoms with Crippen LogP contribution in [0.4, 0.5) is 4.39 Å². The Hall–Kier alpha value is -2.96. The van der Waals surface area contributed by atoms with Crippen molar-refractivity contribution in [3.8, 4) is 5.75 Å². The molecule has 1 N–H and O–H groups in total. The first-order chi connectivity index (χ1) is 12.2. The zero-order valence-corrected chi connectivity index (χ0v) is 13.7. The number of aromatic nitrogens is 1. The van der Waals surface area contributed by atoms with Crippen molar-refractivity contribution < 1.29 is 18.8 Å². The minimum Gasteiger partial charge on any atom is -0.497 e. The van der Waals surface area contributed by atoms with E-state index in [4.69, 9.17) is 9.57 Å². The van der Waals surface area contributed by atoms with Gasteiger partial charge < -0.3 is 14.9 Å². The number of amides is 1. The number of oxime groups is 1. The highest BCUT2D eigenvalue weighted by atomic mass is 19.1. The molecule has 7 heteroatoms. The summed E-state index contributed by atoms with van der Waals surface area (Å²) in [6.07, 6.45) is 3.44. The van der Waals surface area contributed by atoms with Crippen LogP contribution in [0.5, 0.6) is 5.75 Å². The minimum absolute atomic E-state index is 0.262. The summed E-state index contributed by atoms with van der Waals surface area (Å²) in [7, 11) is 1.48. The van der Waals surface area contributed by atoms with Gasteiger partial charge in [0.05, 0.1) is 12.8 Å². The van der Waals surface area contributed by atoms with Crippen molar-refractivity contribution in [2.75, 3.05) is 13.7 Å². The number of benzene rings is 1. The quantitative estimate of drug-likeness (QED) is 0.872. The molecule has 0 fully saturated rings. The van der Waals surface area contributed by atoms with E-state index in [1.807, 2.05) is 12.1 Å². The first-order valence-corrected chi connectivity index (χ1v) is 7.90. The van der Waals surface area contributed by atoms with Crippen LogP contribution in [0.3, 0.4) is 0 Å². The average Bonchev–Trinajstić information content (AvgIpc) is 3.14. The molecule has 2 aromatic rings. The highest BCUT2D eigenvalue weighted by Gasteiger charge is 2.28. The monoisotopic (exact) mass is 343 g/mol. The van der Waals surface area contributed by atoms with E-state index in [2.05, 4.69) is 15.5 Å². The van der Waals surface area contributed by atoms with Crippen molar-refractivity contribution in [3.05, 3.63) is 59.7 Å². The molecular formula is C18H18FN3O3. The van der Waals surface area contributed by atoms with Crippen LogP contribution in [0.2, 0.25) is 0 Å². The molecule has 25 heavy (non-hydrogen) atoms. The van der Waals surface area contributed by atoms with Crippen molar-refractivity contribution in [2.45, 2.75) is 18.9 Å². The SMILES string of the molecule is COc1ccc(CCNC(=O)[C@@H]2CC(c3ccncc3)=NO2)c(F)c1. The number of nitrogens with zero attached hydrogens (tertiary/aromatic N) is 2. The molecule has 1 aliphatic heterocycles. The summed E-state index contributed by atoms with van der Waals surface area (Å²) in [6.45, 7) is 0.312. The van der Waals surface area contributed by atoms with E-state index in [0.717, 1.165) is 5.56 Å². The zero-order valence-electron chi connectivity index (χ0n) is 13.7. The van der Waals surface area contributed by atoms with Gasteiger partial charge in [0.2, 0.25) is 6.10 Å². The molecule has 0 radical (unpaired) electrons. The van der Waals surface area contributed by atoms with Crippen molar-refractivity contribution in [3.63, 3.8) is 0 Å². The van der Waals surface area contributed by atoms with Crippen molar-refractivity contribution in [1.29, 1.82) is 0 Å². The highest BCUT2D eigenvalue weighted by molar-refractivity contribution is 6.03. The number of halogens is 1. The fourth-order valence-corrected chi connectivity index (χ4v) is 2.52. The van der Waals surface area contributed by atoms with Crippen LogP contribution in [0, 0.1) is 5.82 Å². The summed E-state index contributed by atoms with van der Waals surface area (Å²) in [5.41, 5.74) is 2.11. The van der Waals surface area contributed by atoms with Gasteiger partial charge in [-0.05, 0) is 30.2 Å². The lowest BCUT2D eigenvalue weighted by Crippen LogP contribution is -2.36. The van der Waals surface area contributed by atoms with Gasteiger partial charge in [0.25, 0.3) is 5.91 Å². The summed E-state index contributed by atoms with van der Waals surface area (Å²) < 4.78 is 18.8. The molecule has 1 aliphatic rings. The van der Waals surface area contributed by atoms with Gasteiger partial charge in [0, 0.05) is 37.0 Å². The van der Waals surface area contributed by atoms with Crippen molar-refractivity contribution >= 4 is 11.6 Å². The Labute approximate surface area is 144 Å². The minimum atomic E-state index is -0.663. The number of hydrogen-bond acceptors (Lipinski definition) is 5. The van der Waals surface area contributed by atoms with Crippen LogP contribution >= 0.6 is 0 Å². The van der Waals surface area contributed by atoms with Crippen molar-refractivity contribution in [2.24, 2.45) is 5.16 Å². The fraction of sp³-hybridized carbons (Fsp3) is 0.278. The fourth-order valence-electron chi connectivity index (χ4n) is 2.52. The maximum absolute atomic E-state index is 13.9. The highest BCUT2D eigenvalue weighted by Crippen LogP contribution is 2.17. The third kappa shape index (κ3) is 4.12. The molecule has 1 amide bonds. The number of carbonyl (C=O) groups excluding carboxylic acids is 1. The third-order valence-electron chi connectivity index (χ3n) is 3.93. The summed E-state index contributed by atoms with van der Waals surface area (Å²) >= 11 is 0. The second kappa shape index (κ2) is 7.74. The third-order valence-corrected chi connectivity index (χ3v) is 3.93. The van der Waals surface area contributed by atoms with E-state index in [0.29, 0.717) is 36.4 Å². The predicted octanol–water partition coefficient (Wildman–Crippen LogP) is 2.08. The standard InChI is InChI=1S/C18H18FN3O3/c1-24-14-3-2-12(15(19)10-14)6-9-21-18(23)17-11-16(22-25-17)13-4-7-20-8-5-13/h2-5,7-8,10,17H,6,9,11H2,1H3,(H,21,23)/t17-/m0/s1. The van der Waals surface area contributed by atoms with Crippen LogP contribution in [-0.2, 0) is 16.1 Å². The van der Waals surface area contributed by atoms with Crippen molar-refractivity contribution in [1.82, 2.24) is 10.3 Å². The smallest absolute Gasteiger partial charge is 0.264 e. The molecule has 2 heterocycles. The molecule has 6 nitrogen and oxygen atoms in total. The van der Waals surface area contributed by atoms with Crippen LogP contribution in [0.1, 0.15) is 17.5 Å². The second-order valence-electron chi connectivity index (χ2n) is 5.57.